The first-order valence-corrected chi connectivity index (χ1v) is 12.1. The Bertz CT molecular complexity index is 1410. The maximum Gasteiger partial charge on any atom is 0.231 e. The van der Waals surface area contributed by atoms with Gasteiger partial charge in [0.15, 0.2) is 18.3 Å². The van der Waals surface area contributed by atoms with Crippen LogP contribution in [0.5, 0.6) is 28.7 Å². The van der Waals surface area contributed by atoms with Gasteiger partial charge in [-0.1, -0.05) is 19.1 Å². The highest BCUT2D eigenvalue weighted by atomic mass is 16.7. The minimum Gasteiger partial charge on any atom is -0.545 e. The van der Waals surface area contributed by atoms with E-state index in [1.807, 2.05) is 6.92 Å². The lowest BCUT2D eigenvalue weighted by atomic mass is 9.82. The molecule has 1 aliphatic heterocycles. The Balaban J connectivity index is 1.80. The first-order chi connectivity index (χ1) is 18.4. The predicted molar refractivity (Wildman–Crippen MR) is 134 cm³/mol. The molecule has 1 atom stereocenters. The van der Waals surface area contributed by atoms with E-state index in [-0.39, 0.29) is 36.0 Å². The van der Waals surface area contributed by atoms with Crippen LogP contribution in [0.2, 0.25) is 0 Å². The van der Waals surface area contributed by atoms with Gasteiger partial charge in [0.25, 0.3) is 0 Å². The van der Waals surface area contributed by atoms with Crippen molar-refractivity contribution in [3.63, 3.8) is 0 Å². The van der Waals surface area contributed by atoms with Crippen molar-refractivity contribution in [2.45, 2.75) is 18.9 Å². The lowest BCUT2D eigenvalue weighted by Crippen LogP contribution is -2.38. The van der Waals surface area contributed by atoms with Crippen LogP contribution in [0.3, 0.4) is 0 Å². The molecule has 3 aromatic carbocycles. The van der Waals surface area contributed by atoms with Crippen LogP contribution >= 0.6 is 0 Å². The molecule has 0 fully saturated rings. The summed E-state index contributed by atoms with van der Waals surface area (Å²) >= 11 is 0. The maximum atomic E-state index is 12.9. The molecule has 0 aromatic heterocycles. The SMILES string of the molecule is CCCOc1ccc2c(c1)C(O)(c1ccc(OC)cc1OCOC)C(C(=O)[O-])=C2c1ccc2c(c1)OCO2. The van der Waals surface area contributed by atoms with Gasteiger partial charge in [-0.05, 0) is 59.5 Å². The summed E-state index contributed by atoms with van der Waals surface area (Å²) < 4.78 is 33.0. The van der Waals surface area contributed by atoms with E-state index < -0.39 is 11.6 Å². The van der Waals surface area contributed by atoms with Crippen molar-refractivity contribution >= 4 is 11.5 Å². The second-order valence-electron chi connectivity index (χ2n) is 8.78. The summed E-state index contributed by atoms with van der Waals surface area (Å²) in [6, 6.07) is 15.0. The zero-order valence-corrected chi connectivity index (χ0v) is 21.2. The largest absolute Gasteiger partial charge is 0.545 e. The van der Waals surface area contributed by atoms with Gasteiger partial charge in [0.05, 0.1) is 19.7 Å². The monoisotopic (exact) mass is 519 g/mol. The molecular formula is C29H27O9-. The first kappa shape index (κ1) is 25.4. The Morgan fingerprint density at radius 1 is 0.974 bits per heavy atom. The molecule has 9 heteroatoms. The second-order valence-corrected chi connectivity index (χ2v) is 8.78. The van der Waals surface area contributed by atoms with Gasteiger partial charge in [-0.25, -0.2) is 0 Å². The summed E-state index contributed by atoms with van der Waals surface area (Å²) in [5.74, 6) is 0.608. The van der Waals surface area contributed by atoms with Crippen LogP contribution in [0.1, 0.15) is 35.6 Å². The minimum atomic E-state index is -2.17. The number of aliphatic carboxylic acids is 1. The Kier molecular flexibility index (Phi) is 6.88. The number of methoxy groups -OCH3 is 2. The van der Waals surface area contributed by atoms with Crippen molar-refractivity contribution in [3.8, 4) is 28.7 Å². The molecule has 0 amide bonds. The van der Waals surface area contributed by atoms with Crippen molar-refractivity contribution in [2.75, 3.05) is 34.4 Å². The zero-order valence-electron chi connectivity index (χ0n) is 21.2. The van der Waals surface area contributed by atoms with Crippen molar-refractivity contribution in [1.29, 1.82) is 0 Å². The van der Waals surface area contributed by atoms with E-state index in [1.165, 1.54) is 14.2 Å². The van der Waals surface area contributed by atoms with Gasteiger partial charge in [0.2, 0.25) is 6.79 Å². The van der Waals surface area contributed by atoms with Crippen molar-refractivity contribution in [3.05, 3.63) is 82.4 Å². The quantitative estimate of drug-likeness (QED) is 0.404. The lowest BCUT2D eigenvalue weighted by Gasteiger charge is -2.31. The zero-order chi connectivity index (χ0) is 26.9. The molecule has 9 nitrogen and oxygen atoms in total. The first-order valence-electron chi connectivity index (χ1n) is 12.1. The number of ether oxygens (including phenoxy) is 6. The van der Waals surface area contributed by atoms with Crippen LogP contribution in [-0.2, 0) is 15.1 Å². The summed E-state index contributed by atoms with van der Waals surface area (Å²) in [5, 5.41) is 25.4. The van der Waals surface area contributed by atoms with Crippen LogP contribution in [0.4, 0.5) is 0 Å². The number of rotatable bonds is 10. The van der Waals surface area contributed by atoms with Crippen LogP contribution in [0, 0.1) is 0 Å². The smallest absolute Gasteiger partial charge is 0.231 e. The second kappa shape index (κ2) is 10.3. The molecule has 0 bridgehead atoms. The molecule has 0 saturated heterocycles. The summed E-state index contributed by atoms with van der Waals surface area (Å²) in [7, 11) is 2.96. The van der Waals surface area contributed by atoms with Gasteiger partial charge in [-0.2, -0.15) is 0 Å². The van der Waals surface area contributed by atoms with E-state index in [2.05, 4.69) is 0 Å². The Labute approximate surface area is 219 Å². The van der Waals surface area contributed by atoms with Gasteiger partial charge < -0.3 is 43.4 Å². The fraction of sp³-hybridized carbons (Fsp3) is 0.276. The number of fused-ring (bicyclic) bond motifs is 2. The number of carboxylic acid groups (broad SMARTS) is 1. The number of carboxylic acids is 1. The molecule has 0 spiro atoms. The molecule has 1 heterocycles. The predicted octanol–water partition coefficient (Wildman–Crippen LogP) is 3.00. The van der Waals surface area contributed by atoms with Crippen LogP contribution in [-0.4, -0.2) is 45.5 Å². The Morgan fingerprint density at radius 3 is 2.50 bits per heavy atom. The summed E-state index contributed by atoms with van der Waals surface area (Å²) in [5.41, 5.74) is -0.711. The number of aliphatic hydroxyl groups is 1. The van der Waals surface area contributed by atoms with Gasteiger partial charge >= 0.3 is 0 Å². The normalized spacial score (nSPS) is 17.4. The molecule has 2 aliphatic rings. The van der Waals surface area contributed by atoms with Crippen LogP contribution in [0.15, 0.2) is 60.2 Å². The molecule has 1 unspecified atom stereocenters. The van der Waals surface area contributed by atoms with E-state index in [0.717, 1.165) is 6.42 Å². The Morgan fingerprint density at radius 2 is 1.76 bits per heavy atom. The number of carbonyl (C=O) groups excluding carboxylic acids is 1. The lowest BCUT2D eigenvalue weighted by molar-refractivity contribution is -0.300. The maximum absolute atomic E-state index is 12.9. The molecular weight excluding hydrogens is 492 g/mol. The third kappa shape index (κ3) is 4.19. The van der Waals surface area contributed by atoms with E-state index in [4.69, 9.17) is 28.4 Å². The van der Waals surface area contributed by atoms with Crippen LogP contribution < -0.4 is 28.8 Å². The molecule has 198 valence electrons. The third-order valence-corrected chi connectivity index (χ3v) is 6.51. The average Bonchev–Trinajstić information content (AvgIpc) is 3.50. The topological polar surface area (TPSA) is 116 Å². The van der Waals surface area contributed by atoms with Gasteiger partial charge in [-0.15, -0.1) is 0 Å². The minimum absolute atomic E-state index is 0.0654. The summed E-state index contributed by atoms with van der Waals surface area (Å²) in [6.07, 6.45) is 0.778. The molecule has 38 heavy (non-hydrogen) atoms. The van der Waals surface area contributed by atoms with Crippen molar-refractivity contribution < 1.29 is 43.4 Å². The average molecular weight is 520 g/mol. The van der Waals surface area contributed by atoms with E-state index in [0.29, 0.717) is 46.3 Å². The molecule has 0 saturated carbocycles. The highest BCUT2D eigenvalue weighted by molar-refractivity contribution is 6.07. The number of carbonyl (C=O) groups is 1. The molecule has 0 radical (unpaired) electrons. The molecule has 1 N–H and O–H groups in total. The van der Waals surface area contributed by atoms with Gasteiger partial charge in [0.1, 0.15) is 22.8 Å². The van der Waals surface area contributed by atoms with Gasteiger partial charge in [0, 0.05) is 29.9 Å². The fourth-order valence-electron chi connectivity index (χ4n) is 4.85. The number of hydrogen-bond acceptors (Lipinski definition) is 9. The fourth-order valence-corrected chi connectivity index (χ4v) is 4.85. The van der Waals surface area contributed by atoms with Crippen molar-refractivity contribution in [1.82, 2.24) is 0 Å². The highest BCUT2D eigenvalue weighted by Gasteiger charge is 2.48. The number of hydrogen-bond donors (Lipinski definition) is 1. The van der Waals surface area contributed by atoms with E-state index >= 15 is 0 Å². The van der Waals surface area contributed by atoms with Crippen molar-refractivity contribution in [2.24, 2.45) is 0 Å². The number of benzene rings is 3. The molecule has 5 rings (SSSR count). The molecule has 1 aliphatic carbocycles. The van der Waals surface area contributed by atoms with Crippen LogP contribution in [0.25, 0.3) is 5.57 Å². The Hall–Kier alpha value is -4.21. The standard InChI is InChI=1S/C29H28O9/c1-4-11-35-19-6-8-20-22(13-19)29(32,21-9-7-18(34-3)14-24(21)36-15-33-2)27(28(30)31)26(20)17-5-10-23-25(12-17)38-16-37-23/h5-10,12-14,32H,4,11,15-16H2,1-3H3,(H,30,31)/p-1. The van der Waals surface area contributed by atoms with Gasteiger partial charge in [-0.3, -0.25) is 0 Å². The summed E-state index contributed by atoms with van der Waals surface area (Å²) in [4.78, 5) is 12.9. The molecule has 3 aromatic rings. The third-order valence-electron chi connectivity index (χ3n) is 6.51. The van der Waals surface area contributed by atoms with E-state index in [1.54, 1.807) is 54.6 Å². The highest BCUT2D eigenvalue weighted by Crippen LogP contribution is 2.54. The summed E-state index contributed by atoms with van der Waals surface area (Å²) in [6.45, 7) is 2.36. The van der Waals surface area contributed by atoms with E-state index in [9.17, 15) is 15.0 Å².